The lowest BCUT2D eigenvalue weighted by Crippen LogP contribution is -2.59. The van der Waals surface area contributed by atoms with Gasteiger partial charge in [0.25, 0.3) is 5.91 Å². The van der Waals surface area contributed by atoms with Crippen molar-refractivity contribution in [1.29, 1.82) is 0 Å². The Balaban J connectivity index is 1.63. The highest BCUT2D eigenvalue weighted by Gasteiger charge is 2.53. The van der Waals surface area contributed by atoms with E-state index in [1.165, 1.54) is 18.2 Å². The van der Waals surface area contributed by atoms with E-state index in [0.717, 1.165) is 45.2 Å². The third-order valence-corrected chi connectivity index (χ3v) is 6.29. The van der Waals surface area contributed by atoms with Crippen molar-refractivity contribution in [3.05, 3.63) is 35.6 Å². The van der Waals surface area contributed by atoms with Gasteiger partial charge in [-0.1, -0.05) is 12.5 Å². The third kappa shape index (κ3) is 3.53. The predicted molar refractivity (Wildman–Crippen MR) is 102 cm³/mol. The van der Waals surface area contributed by atoms with Crippen molar-refractivity contribution < 1.29 is 18.7 Å². The monoisotopic (exact) mass is 389 g/mol. The zero-order chi connectivity index (χ0) is 19.7. The van der Waals surface area contributed by atoms with E-state index in [4.69, 9.17) is 4.74 Å². The molecule has 0 aromatic heterocycles. The Morgan fingerprint density at radius 1 is 1.11 bits per heavy atom. The topological polar surface area (TPSA) is 53.1 Å². The summed E-state index contributed by atoms with van der Waals surface area (Å²) in [4.78, 5) is 32.4. The van der Waals surface area contributed by atoms with Crippen LogP contribution in [0.3, 0.4) is 0 Å². The van der Waals surface area contributed by atoms with Gasteiger partial charge in [0, 0.05) is 31.7 Å². The Morgan fingerprint density at radius 2 is 1.82 bits per heavy atom. The highest BCUT2D eigenvalue weighted by atomic mass is 19.1. The van der Waals surface area contributed by atoms with E-state index in [1.54, 1.807) is 11.0 Å². The number of carbonyl (C=O) groups excluding carboxylic acids is 2. The number of rotatable bonds is 2. The van der Waals surface area contributed by atoms with Gasteiger partial charge in [0.05, 0.1) is 6.61 Å². The number of amides is 2. The van der Waals surface area contributed by atoms with Gasteiger partial charge in [0.15, 0.2) is 0 Å². The molecule has 4 rings (SSSR count). The zero-order valence-corrected chi connectivity index (χ0v) is 16.4. The molecule has 1 spiro atoms. The van der Waals surface area contributed by atoms with E-state index in [9.17, 15) is 14.0 Å². The fraction of sp³-hybridized carbons (Fsp3) is 0.619. The molecule has 0 bridgehead atoms. The highest BCUT2D eigenvalue weighted by molar-refractivity contribution is 5.98. The molecule has 1 aromatic carbocycles. The third-order valence-electron chi connectivity index (χ3n) is 6.29. The summed E-state index contributed by atoms with van der Waals surface area (Å²) in [7, 11) is 2.04. The SMILES string of the molecule is CN1CCN(C(=O)[C@H]2COC3(CCCCC3)N2C(=O)c2cccc(F)c2)CC1. The fourth-order valence-electron chi connectivity index (χ4n) is 4.66. The van der Waals surface area contributed by atoms with Gasteiger partial charge in [0.1, 0.15) is 17.6 Å². The molecule has 1 aromatic rings. The first-order valence-electron chi connectivity index (χ1n) is 10.2. The van der Waals surface area contributed by atoms with Gasteiger partial charge in [-0.2, -0.15) is 0 Å². The molecule has 3 aliphatic rings. The van der Waals surface area contributed by atoms with Crippen LogP contribution in [0.15, 0.2) is 24.3 Å². The van der Waals surface area contributed by atoms with E-state index in [-0.39, 0.29) is 24.0 Å². The Kier molecular flexibility index (Phi) is 5.38. The van der Waals surface area contributed by atoms with E-state index >= 15 is 0 Å². The van der Waals surface area contributed by atoms with Crippen LogP contribution in [-0.2, 0) is 9.53 Å². The standard InChI is InChI=1S/C21H28FN3O3/c1-23-10-12-24(13-11-23)20(27)18-15-28-21(8-3-2-4-9-21)25(18)19(26)16-6-5-7-17(22)14-16/h5-7,14,18H,2-4,8-13,15H2,1H3/t18-/m1/s1. The maximum atomic E-state index is 13.7. The van der Waals surface area contributed by atoms with Gasteiger partial charge in [-0.05, 0) is 50.9 Å². The van der Waals surface area contributed by atoms with Gasteiger partial charge in [0.2, 0.25) is 5.91 Å². The van der Waals surface area contributed by atoms with Crippen molar-refractivity contribution in [3.63, 3.8) is 0 Å². The van der Waals surface area contributed by atoms with Crippen LogP contribution in [-0.4, -0.2) is 78.1 Å². The Hall–Kier alpha value is -1.99. The molecule has 1 aliphatic carbocycles. The number of nitrogens with zero attached hydrogens (tertiary/aromatic N) is 3. The van der Waals surface area contributed by atoms with E-state index < -0.39 is 17.6 Å². The predicted octanol–water partition coefficient (Wildman–Crippen LogP) is 2.10. The summed E-state index contributed by atoms with van der Waals surface area (Å²) in [6, 6.07) is 5.06. The normalized spacial score (nSPS) is 25.3. The second-order valence-electron chi connectivity index (χ2n) is 8.15. The minimum atomic E-state index is -0.742. The molecule has 1 atom stereocenters. The van der Waals surface area contributed by atoms with Crippen LogP contribution in [0.1, 0.15) is 42.5 Å². The number of halogens is 1. The van der Waals surface area contributed by atoms with Crippen molar-refractivity contribution in [1.82, 2.24) is 14.7 Å². The average molecular weight is 389 g/mol. The van der Waals surface area contributed by atoms with Crippen molar-refractivity contribution in [2.45, 2.75) is 43.9 Å². The van der Waals surface area contributed by atoms with Crippen LogP contribution in [0, 0.1) is 5.82 Å². The van der Waals surface area contributed by atoms with E-state index in [2.05, 4.69) is 4.90 Å². The number of hydrogen-bond acceptors (Lipinski definition) is 4. The molecule has 0 radical (unpaired) electrons. The number of carbonyl (C=O) groups is 2. The minimum absolute atomic E-state index is 0.0553. The minimum Gasteiger partial charge on any atom is -0.353 e. The Morgan fingerprint density at radius 3 is 2.50 bits per heavy atom. The molecule has 28 heavy (non-hydrogen) atoms. The van der Waals surface area contributed by atoms with Gasteiger partial charge in [-0.15, -0.1) is 0 Å². The summed E-state index contributed by atoms with van der Waals surface area (Å²) in [6.07, 6.45) is 4.47. The van der Waals surface area contributed by atoms with Crippen LogP contribution in [0.4, 0.5) is 4.39 Å². The number of ether oxygens (including phenoxy) is 1. The lowest BCUT2D eigenvalue weighted by atomic mass is 9.89. The first-order valence-corrected chi connectivity index (χ1v) is 10.2. The molecule has 2 saturated heterocycles. The molecule has 0 unspecified atom stereocenters. The highest BCUT2D eigenvalue weighted by Crippen LogP contribution is 2.41. The molecular formula is C21H28FN3O3. The molecule has 152 valence electrons. The largest absolute Gasteiger partial charge is 0.353 e. The lowest BCUT2D eigenvalue weighted by molar-refractivity contribution is -0.138. The van der Waals surface area contributed by atoms with Crippen LogP contribution in [0.25, 0.3) is 0 Å². The zero-order valence-electron chi connectivity index (χ0n) is 16.4. The van der Waals surface area contributed by atoms with Crippen LogP contribution < -0.4 is 0 Å². The summed E-state index contributed by atoms with van der Waals surface area (Å²) in [6.45, 7) is 3.17. The molecular weight excluding hydrogens is 361 g/mol. The van der Waals surface area contributed by atoms with E-state index in [0.29, 0.717) is 13.1 Å². The van der Waals surface area contributed by atoms with Crippen LogP contribution in [0.2, 0.25) is 0 Å². The summed E-state index contributed by atoms with van der Waals surface area (Å²) in [5.41, 5.74) is -0.471. The van der Waals surface area contributed by atoms with Gasteiger partial charge in [-0.3, -0.25) is 14.5 Å². The smallest absolute Gasteiger partial charge is 0.256 e. The molecule has 2 heterocycles. The summed E-state index contributed by atoms with van der Waals surface area (Å²) in [5.74, 6) is -0.822. The molecule has 6 nitrogen and oxygen atoms in total. The summed E-state index contributed by atoms with van der Waals surface area (Å²) < 4.78 is 19.9. The summed E-state index contributed by atoms with van der Waals surface area (Å²) >= 11 is 0. The molecule has 1 saturated carbocycles. The van der Waals surface area contributed by atoms with Crippen molar-refractivity contribution >= 4 is 11.8 Å². The number of hydrogen-bond donors (Lipinski definition) is 0. The van der Waals surface area contributed by atoms with E-state index in [1.807, 2.05) is 11.9 Å². The molecule has 0 N–H and O–H groups in total. The number of benzene rings is 1. The van der Waals surface area contributed by atoms with Crippen molar-refractivity contribution in [3.8, 4) is 0 Å². The molecule has 7 heteroatoms. The van der Waals surface area contributed by atoms with Crippen molar-refractivity contribution in [2.75, 3.05) is 39.8 Å². The van der Waals surface area contributed by atoms with Gasteiger partial charge < -0.3 is 14.5 Å². The average Bonchev–Trinajstić information content (AvgIpc) is 3.06. The molecule has 2 aliphatic heterocycles. The first-order chi connectivity index (χ1) is 13.5. The molecule has 3 fully saturated rings. The fourth-order valence-corrected chi connectivity index (χ4v) is 4.66. The second kappa shape index (κ2) is 7.79. The Labute approximate surface area is 165 Å². The van der Waals surface area contributed by atoms with Gasteiger partial charge in [-0.25, -0.2) is 4.39 Å². The van der Waals surface area contributed by atoms with Crippen LogP contribution >= 0.6 is 0 Å². The van der Waals surface area contributed by atoms with Gasteiger partial charge >= 0.3 is 0 Å². The summed E-state index contributed by atoms with van der Waals surface area (Å²) in [5, 5.41) is 0. The lowest BCUT2D eigenvalue weighted by Gasteiger charge is -2.42. The maximum Gasteiger partial charge on any atom is 0.256 e. The van der Waals surface area contributed by atoms with Crippen LogP contribution in [0.5, 0.6) is 0 Å². The van der Waals surface area contributed by atoms with Crippen molar-refractivity contribution in [2.24, 2.45) is 0 Å². The maximum absolute atomic E-state index is 13.7. The quantitative estimate of drug-likeness (QED) is 0.777. The second-order valence-corrected chi connectivity index (χ2v) is 8.15. The number of likely N-dealkylation sites (N-methyl/N-ethyl adjacent to an activating group) is 1. The first kappa shape index (κ1) is 19.3. The molecule has 2 amide bonds. The Bertz CT molecular complexity index is 742. The number of piperazine rings is 1.